The number of hydrogen-bond acceptors (Lipinski definition) is 6. The molecule has 0 aliphatic carbocycles. The van der Waals surface area contributed by atoms with Gasteiger partial charge in [0.15, 0.2) is 9.84 Å². The number of esters is 1. The van der Waals surface area contributed by atoms with Gasteiger partial charge in [0.05, 0.1) is 18.9 Å². The summed E-state index contributed by atoms with van der Waals surface area (Å²) in [7, 11) is -0.783. The molecule has 0 saturated carbocycles. The van der Waals surface area contributed by atoms with Gasteiger partial charge in [-0.2, -0.15) is 0 Å². The lowest BCUT2D eigenvalue weighted by molar-refractivity contribution is -0.137. The van der Waals surface area contributed by atoms with Gasteiger partial charge >= 0.3 is 5.97 Å². The lowest BCUT2D eigenvalue weighted by Crippen LogP contribution is -2.29. The number of methoxy groups -OCH3 is 1. The molecule has 0 amide bonds. The maximum Gasteiger partial charge on any atom is 0.320 e. The Kier molecular flexibility index (Phi) is 4.64. The topological polar surface area (TPSA) is 85.6 Å². The molecule has 0 aliphatic heterocycles. The molecule has 0 spiro atoms. The number of rotatable bonds is 6. The summed E-state index contributed by atoms with van der Waals surface area (Å²) in [4.78, 5) is 11.1. The van der Waals surface area contributed by atoms with Crippen LogP contribution < -0.4 is 5.32 Å². The third kappa shape index (κ3) is 3.83. The number of furan rings is 1. The minimum Gasteiger partial charge on any atom is -0.468 e. The third-order valence-corrected chi connectivity index (χ3v) is 4.64. The fourth-order valence-electron chi connectivity index (χ4n) is 2.03. The Bertz CT molecular complexity index is 702. The number of para-hydroxylation sites is 1. The standard InChI is InChI=1S/C14H17NO5S/c1-15-11(8-21(17,18)9-14(16)19-2)13-7-10-5-3-4-6-12(10)20-13/h3-7,11,15H,8-9H2,1-2H3. The predicted octanol–water partition coefficient (Wildman–Crippen LogP) is 1.28. The highest BCUT2D eigenvalue weighted by atomic mass is 32.2. The van der Waals surface area contributed by atoms with Crippen LogP contribution in [-0.2, 0) is 19.4 Å². The van der Waals surface area contributed by atoms with E-state index in [-0.39, 0.29) is 5.75 Å². The average Bonchev–Trinajstić information content (AvgIpc) is 2.87. The quantitative estimate of drug-likeness (QED) is 0.809. The first-order chi connectivity index (χ1) is 9.95. The minimum atomic E-state index is -3.59. The molecule has 1 aromatic carbocycles. The number of fused-ring (bicyclic) bond motifs is 1. The van der Waals surface area contributed by atoms with Gasteiger partial charge in [0.1, 0.15) is 17.1 Å². The number of nitrogens with one attached hydrogen (secondary N) is 1. The highest BCUT2D eigenvalue weighted by Crippen LogP contribution is 2.24. The molecular weight excluding hydrogens is 294 g/mol. The lowest BCUT2D eigenvalue weighted by atomic mass is 10.2. The predicted molar refractivity (Wildman–Crippen MR) is 78.7 cm³/mol. The molecule has 1 aromatic heterocycles. The highest BCUT2D eigenvalue weighted by molar-refractivity contribution is 7.92. The molecule has 0 fully saturated rings. The summed E-state index contributed by atoms with van der Waals surface area (Å²) in [5.41, 5.74) is 0.693. The van der Waals surface area contributed by atoms with E-state index < -0.39 is 27.6 Å². The van der Waals surface area contributed by atoms with Gasteiger partial charge in [-0.15, -0.1) is 0 Å². The maximum absolute atomic E-state index is 12.0. The first kappa shape index (κ1) is 15.5. The SMILES string of the molecule is CNC(CS(=O)(=O)CC(=O)OC)c1cc2ccccc2o1. The van der Waals surface area contributed by atoms with Gasteiger partial charge in [-0.1, -0.05) is 18.2 Å². The number of ether oxygens (including phenoxy) is 1. The second-order valence-electron chi connectivity index (χ2n) is 4.66. The summed E-state index contributed by atoms with van der Waals surface area (Å²) in [6, 6.07) is 8.70. The van der Waals surface area contributed by atoms with Crippen molar-refractivity contribution in [3.63, 3.8) is 0 Å². The Hall–Kier alpha value is -1.86. The molecule has 21 heavy (non-hydrogen) atoms. The molecule has 2 aromatic rings. The van der Waals surface area contributed by atoms with Gasteiger partial charge < -0.3 is 14.5 Å². The van der Waals surface area contributed by atoms with Crippen LogP contribution in [0.15, 0.2) is 34.7 Å². The number of benzene rings is 1. The summed E-state index contributed by atoms with van der Waals surface area (Å²) in [6.07, 6.45) is 0. The Morgan fingerprint density at radius 2 is 2.10 bits per heavy atom. The summed E-state index contributed by atoms with van der Waals surface area (Å²) >= 11 is 0. The van der Waals surface area contributed by atoms with Crippen LogP contribution in [0, 0.1) is 0 Å². The van der Waals surface area contributed by atoms with Crippen molar-refractivity contribution in [2.45, 2.75) is 6.04 Å². The normalized spacial score (nSPS) is 13.2. The largest absolute Gasteiger partial charge is 0.468 e. The number of carbonyl (C=O) groups is 1. The molecule has 0 aliphatic rings. The van der Waals surface area contributed by atoms with E-state index in [1.165, 1.54) is 0 Å². The van der Waals surface area contributed by atoms with Crippen molar-refractivity contribution in [3.8, 4) is 0 Å². The van der Waals surface area contributed by atoms with E-state index in [0.717, 1.165) is 12.5 Å². The summed E-state index contributed by atoms with van der Waals surface area (Å²) < 4.78 is 34.0. The molecule has 1 heterocycles. The molecular formula is C14H17NO5S. The van der Waals surface area contributed by atoms with Gasteiger partial charge in [-0.3, -0.25) is 4.79 Å². The van der Waals surface area contributed by atoms with E-state index in [1.807, 2.05) is 24.3 Å². The summed E-state index contributed by atoms with van der Waals surface area (Å²) in [5, 5.41) is 3.80. The van der Waals surface area contributed by atoms with E-state index >= 15 is 0 Å². The summed E-state index contributed by atoms with van der Waals surface area (Å²) in [5.74, 6) is -1.12. The average molecular weight is 311 g/mol. The zero-order chi connectivity index (χ0) is 15.5. The van der Waals surface area contributed by atoms with Crippen molar-refractivity contribution in [2.75, 3.05) is 25.7 Å². The Labute approximate surface area is 123 Å². The van der Waals surface area contributed by atoms with Crippen molar-refractivity contribution in [3.05, 3.63) is 36.1 Å². The van der Waals surface area contributed by atoms with Crippen LogP contribution in [0.5, 0.6) is 0 Å². The van der Waals surface area contributed by atoms with E-state index in [1.54, 1.807) is 13.1 Å². The number of sulfone groups is 1. The van der Waals surface area contributed by atoms with Crippen molar-refractivity contribution >= 4 is 26.8 Å². The van der Waals surface area contributed by atoms with Gasteiger partial charge in [0, 0.05) is 5.39 Å². The molecule has 2 rings (SSSR count). The molecule has 1 N–H and O–H groups in total. The van der Waals surface area contributed by atoms with E-state index in [4.69, 9.17) is 4.42 Å². The second-order valence-corrected chi connectivity index (χ2v) is 6.77. The van der Waals surface area contributed by atoms with E-state index in [2.05, 4.69) is 10.1 Å². The van der Waals surface area contributed by atoms with Gasteiger partial charge in [-0.05, 0) is 19.2 Å². The van der Waals surface area contributed by atoms with E-state index in [0.29, 0.717) is 11.3 Å². The molecule has 1 atom stereocenters. The van der Waals surface area contributed by atoms with Crippen molar-refractivity contribution < 1.29 is 22.4 Å². The smallest absolute Gasteiger partial charge is 0.320 e. The zero-order valence-corrected chi connectivity index (χ0v) is 12.6. The molecule has 0 saturated heterocycles. The number of hydrogen-bond donors (Lipinski definition) is 1. The molecule has 114 valence electrons. The van der Waals surface area contributed by atoms with Gasteiger partial charge in [0.2, 0.25) is 0 Å². The first-order valence-electron chi connectivity index (χ1n) is 6.38. The molecule has 0 bridgehead atoms. The third-order valence-electron chi connectivity index (χ3n) is 3.12. The Morgan fingerprint density at radius 1 is 1.38 bits per heavy atom. The fourth-order valence-corrected chi connectivity index (χ4v) is 3.47. The second kappa shape index (κ2) is 6.28. The Morgan fingerprint density at radius 3 is 2.71 bits per heavy atom. The van der Waals surface area contributed by atoms with Crippen LogP contribution in [0.1, 0.15) is 11.8 Å². The molecule has 1 unspecified atom stereocenters. The lowest BCUT2D eigenvalue weighted by Gasteiger charge is -2.13. The van der Waals surface area contributed by atoms with Crippen LogP contribution in [-0.4, -0.2) is 40.1 Å². The van der Waals surface area contributed by atoms with Crippen LogP contribution in [0.2, 0.25) is 0 Å². The fraction of sp³-hybridized carbons (Fsp3) is 0.357. The molecule has 7 heteroatoms. The highest BCUT2D eigenvalue weighted by Gasteiger charge is 2.25. The monoisotopic (exact) mass is 311 g/mol. The summed E-state index contributed by atoms with van der Waals surface area (Å²) in [6.45, 7) is 0. The van der Waals surface area contributed by atoms with Crippen molar-refractivity contribution in [1.29, 1.82) is 0 Å². The van der Waals surface area contributed by atoms with Crippen LogP contribution >= 0.6 is 0 Å². The first-order valence-corrected chi connectivity index (χ1v) is 8.20. The van der Waals surface area contributed by atoms with Gasteiger partial charge in [0.25, 0.3) is 0 Å². The van der Waals surface area contributed by atoms with Crippen LogP contribution in [0.3, 0.4) is 0 Å². The van der Waals surface area contributed by atoms with Crippen LogP contribution in [0.25, 0.3) is 11.0 Å². The van der Waals surface area contributed by atoms with Crippen molar-refractivity contribution in [1.82, 2.24) is 5.32 Å². The van der Waals surface area contributed by atoms with Gasteiger partial charge in [-0.25, -0.2) is 8.42 Å². The Balaban J connectivity index is 2.21. The molecule has 0 radical (unpaired) electrons. The zero-order valence-electron chi connectivity index (χ0n) is 11.8. The van der Waals surface area contributed by atoms with E-state index in [9.17, 15) is 13.2 Å². The van der Waals surface area contributed by atoms with Crippen molar-refractivity contribution in [2.24, 2.45) is 0 Å². The van der Waals surface area contributed by atoms with Crippen LogP contribution in [0.4, 0.5) is 0 Å². The maximum atomic E-state index is 12.0. The number of carbonyl (C=O) groups excluding carboxylic acids is 1. The molecule has 6 nitrogen and oxygen atoms in total. The minimum absolute atomic E-state index is 0.238.